The Morgan fingerprint density at radius 2 is 2.39 bits per heavy atom. The van der Waals surface area contributed by atoms with Gasteiger partial charge in [0.2, 0.25) is 0 Å². The number of nitrogens with one attached hydrogen (secondary N) is 1. The van der Waals surface area contributed by atoms with Crippen LogP contribution in [0.3, 0.4) is 0 Å². The number of amides is 1. The van der Waals surface area contributed by atoms with Gasteiger partial charge in [-0.2, -0.15) is 0 Å². The molecule has 2 heterocycles. The molecule has 1 saturated heterocycles. The fraction of sp³-hybridized carbons (Fsp3) is 0.385. The number of hydrogen-bond acceptors (Lipinski definition) is 6. The zero-order chi connectivity index (χ0) is 16.7. The highest BCUT2D eigenvalue weighted by Crippen LogP contribution is 2.43. The average Bonchev–Trinajstić information content (AvgIpc) is 3.04. The Kier molecular flexibility index (Phi) is 3.99. The van der Waals surface area contributed by atoms with Crippen molar-refractivity contribution in [2.45, 2.75) is 19.4 Å². The van der Waals surface area contributed by atoms with Gasteiger partial charge in [0.05, 0.1) is 25.7 Å². The van der Waals surface area contributed by atoms with Crippen LogP contribution in [0.15, 0.2) is 6.07 Å². The number of aryl methyl sites for hydroxylation is 1. The van der Waals surface area contributed by atoms with E-state index in [2.05, 4.69) is 10.3 Å². The van der Waals surface area contributed by atoms with Crippen LogP contribution in [-0.2, 0) is 0 Å². The average molecular weight is 357 g/mol. The fourth-order valence-corrected chi connectivity index (χ4v) is 3.97. The molecular weight excluding hydrogens is 344 g/mol. The van der Waals surface area contributed by atoms with Gasteiger partial charge in [0.25, 0.3) is 5.69 Å². The number of fused-ring (bicyclic) bond motifs is 1. The van der Waals surface area contributed by atoms with Crippen molar-refractivity contribution in [2.24, 2.45) is 0 Å². The second kappa shape index (κ2) is 5.82. The predicted molar refractivity (Wildman–Crippen MR) is 87.8 cm³/mol. The number of nitro benzene ring substituents is 1. The predicted octanol–water partition coefficient (Wildman–Crippen LogP) is 3.01. The smallest absolute Gasteiger partial charge is 0.404 e. The van der Waals surface area contributed by atoms with E-state index in [1.165, 1.54) is 17.4 Å². The van der Waals surface area contributed by atoms with E-state index in [0.29, 0.717) is 40.4 Å². The maximum atomic E-state index is 11.4. The number of nitrogens with zero attached hydrogens (tertiary/aromatic N) is 3. The molecule has 0 spiro atoms. The highest BCUT2D eigenvalue weighted by Gasteiger charge is 2.32. The van der Waals surface area contributed by atoms with Gasteiger partial charge in [-0.15, -0.1) is 11.3 Å². The molecule has 1 aliphatic heterocycles. The summed E-state index contributed by atoms with van der Waals surface area (Å²) in [5.41, 5.74) is 0.805. The minimum Gasteiger partial charge on any atom is -0.465 e. The molecule has 0 saturated carbocycles. The van der Waals surface area contributed by atoms with E-state index >= 15 is 0 Å². The molecule has 1 amide bonds. The normalized spacial score (nSPS) is 17.7. The first-order valence-electron chi connectivity index (χ1n) is 6.85. The Balaban J connectivity index is 2.09. The summed E-state index contributed by atoms with van der Waals surface area (Å²) < 4.78 is 0.708. The molecule has 10 heteroatoms. The Bertz CT molecular complexity index is 809. The number of anilines is 1. The highest BCUT2D eigenvalue weighted by atomic mass is 35.5. The second-order valence-corrected chi connectivity index (χ2v) is 6.89. The molecule has 2 aromatic rings. The molecule has 3 rings (SSSR count). The fourth-order valence-electron chi connectivity index (χ4n) is 2.83. The third-order valence-electron chi connectivity index (χ3n) is 3.71. The van der Waals surface area contributed by atoms with Crippen LogP contribution in [0.1, 0.15) is 11.4 Å². The molecule has 1 aromatic carbocycles. The molecule has 1 atom stereocenters. The van der Waals surface area contributed by atoms with Gasteiger partial charge in [-0.1, -0.05) is 11.6 Å². The van der Waals surface area contributed by atoms with E-state index in [4.69, 9.17) is 16.7 Å². The summed E-state index contributed by atoms with van der Waals surface area (Å²) in [6.07, 6.45) is -0.520. The van der Waals surface area contributed by atoms with Crippen LogP contribution in [-0.4, -0.2) is 40.2 Å². The summed E-state index contributed by atoms with van der Waals surface area (Å²) in [5, 5.41) is 23.7. The van der Waals surface area contributed by atoms with Gasteiger partial charge >= 0.3 is 6.09 Å². The van der Waals surface area contributed by atoms with Crippen LogP contribution < -0.4 is 10.2 Å². The van der Waals surface area contributed by atoms with E-state index < -0.39 is 11.0 Å². The lowest BCUT2D eigenvalue weighted by molar-refractivity contribution is -0.384. The molecule has 8 nitrogen and oxygen atoms in total. The lowest BCUT2D eigenvalue weighted by Crippen LogP contribution is -2.36. The zero-order valence-electron chi connectivity index (χ0n) is 12.1. The lowest BCUT2D eigenvalue weighted by atomic mass is 10.2. The Hall–Kier alpha value is -2.13. The van der Waals surface area contributed by atoms with Crippen LogP contribution in [0.5, 0.6) is 0 Å². The molecule has 23 heavy (non-hydrogen) atoms. The van der Waals surface area contributed by atoms with Crippen molar-refractivity contribution in [3.8, 4) is 0 Å². The van der Waals surface area contributed by atoms with Crippen molar-refractivity contribution in [1.29, 1.82) is 0 Å². The maximum absolute atomic E-state index is 11.4. The molecule has 0 bridgehead atoms. The molecule has 1 fully saturated rings. The molecule has 0 aliphatic carbocycles. The van der Waals surface area contributed by atoms with Gasteiger partial charge in [0.15, 0.2) is 0 Å². The van der Waals surface area contributed by atoms with Crippen molar-refractivity contribution in [3.05, 3.63) is 26.2 Å². The largest absolute Gasteiger partial charge is 0.465 e. The molecule has 1 aliphatic rings. The molecule has 122 valence electrons. The molecule has 1 unspecified atom stereocenters. The van der Waals surface area contributed by atoms with Crippen LogP contribution in [0.4, 0.5) is 16.2 Å². The monoisotopic (exact) mass is 356 g/mol. The Labute approximate surface area is 139 Å². The van der Waals surface area contributed by atoms with Crippen molar-refractivity contribution < 1.29 is 14.8 Å². The van der Waals surface area contributed by atoms with E-state index in [0.717, 1.165) is 5.01 Å². The first-order chi connectivity index (χ1) is 10.9. The van der Waals surface area contributed by atoms with Crippen LogP contribution >= 0.6 is 22.9 Å². The van der Waals surface area contributed by atoms with E-state index in [1.807, 2.05) is 6.92 Å². The number of halogens is 1. The van der Waals surface area contributed by atoms with Gasteiger partial charge in [0.1, 0.15) is 11.2 Å². The minimum absolute atomic E-state index is 0.108. The number of carbonyl (C=O) groups is 1. The molecule has 0 radical (unpaired) electrons. The number of hydrogen-bond donors (Lipinski definition) is 2. The number of nitro groups is 1. The van der Waals surface area contributed by atoms with Crippen LogP contribution in [0.2, 0.25) is 5.02 Å². The first-order valence-corrected chi connectivity index (χ1v) is 8.04. The summed E-state index contributed by atoms with van der Waals surface area (Å²) in [4.78, 5) is 27.9. The number of thiazole rings is 1. The van der Waals surface area contributed by atoms with Crippen LogP contribution in [0.25, 0.3) is 10.2 Å². The second-order valence-electron chi connectivity index (χ2n) is 5.27. The molecule has 1 aromatic heterocycles. The summed E-state index contributed by atoms with van der Waals surface area (Å²) in [6.45, 7) is 2.69. The Morgan fingerprint density at radius 3 is 3.04 bits per heavy atom. The van der Waals surface area contributed by atoms with E-state index in [9.17, 15) is 14.9 Å². The standard InChI is InChI=1S/C13H13ClN4O4S/c1-6-15-10-11(17-3-2-7(5-17)16-13(19)20)9(18(21)22)4-8(14)12(10)23-6/h4,7,16H,2-3,5H2,1H3,(H,19,20). The summed E-state index contributed by atoms with van der Waals surface area (Å²) in [6, 6.07) is 1.08. The van der Waals surface area contributed by atoms with Crippen molar-refractivity contribution in [2.75, 3.05) is 18.0 Å². The maximum Gasteiger partial charge on any atom is 0.404 e. The van der Waals surface area contributed by atoms with Gasteiger partial charge in [0, 0.05) is 19.2 Å². The third kappa shape index (κ3) is 2.89. The topological polar surface area (TPSA) is 109 Å². The summed E-state index contributed by atoms with van der Waals surface area (Å²) >= 11 is 7.53. The lowest BCUT2D eigenvalue weighted by Gasteiger charge is -2.19. The number of aromatic nitrogens is 1. The Morgan fingerprint density at radius 1 is 1.65 bits per heavy atom. The molecule has 2 N–H and O–H groups in total. The van der Waals surface area contributed by atoms with Gasteiger partial charge < -0.3 is 15.3 Å². The quantitative estimate of drug-likeness (QED) is 0.646. The number of benzene rings is 1. The van der Waals surface area contributed by atoms with E-state index in [-0.39, 0.29) is 11.7 Å². The van der Waals surface area contributed by atoms with Crippen molar-refractivity contribution in [3.63, 3.8) is 0 Å². The van der Waals surface area contributed by atoms with Crippen molar-refractivity contribution in [1.82, 2.24) is 10.3 Å². The van der Waals surface area contributed by atoms with Crippen LogP contribution in [0, 0.1) is 17.0 Å². The van der Waals surface area contributed by atoms with E-state index in [1.54, 1.807) is 4.90 Å². The summed E-state index contributed by atoms with van der Waals surface area (Å²) in [5.74, 6) is 0. The SMILES string of the molecule is Cc1nc2c(N3CCC(NC(=O)O)C3)c([N+](=O)[O-])cc(Cl)c2s1. The third-order valence-corrected chi connectivity index (χ3v) is 5.12. The first kappa shape index (κ1) is 15.8. The molecular formula is C13H13ClN4O4S. The van der Waals surface area contributed by atoms with Gasteiger partial charge in [-0.05, 0) is 13.3 Å². The number of rotatable bonds is 3. The zero-order valence-corrected chi connectivity index (χ0v) is 13.6. The van der Waals surface area contributed by atoms with Gasteiger partial charge in [-0.3, -0.25) is 10.1 Å². The summed E-state index contributed by atoms with van der Waals surface area (Å²) in [7, 11) is 0. The number of carboxylic acid groups (broad SMARTS) is 1. The highest BCUT2D eigenvalue weighted by molar-refractivity contribution is 7.19. The van der Waals surface area contributed by atoms with Gasteiger partial charge in [-0.25, -0.2) is 9.78 Å². The van der Waals surface area contributed by atoms with Crippen molar-refractivity contribution >= 4 is 50.6 Å². The minimum atomic E-state index is -1.10.